The molecule has 0 saturated heterocycles. The third kappa shape index (κ3) is 211. The van der Waals surface area contributed by atoms with Gasteiger partial charge in [0.05, 0.1) is 0 Å². The summed E-state index contributed by atoms with van der Waals surface area (Å²) in [7, 11) is 20.4. The van der Waals surface area contributed by atoms with Crippen LogP contribution in [0.25, 0.3) is 53.9 Å². The largest absolute Gasteiger partial charge is 0.358 e. The molecule has 0 aliphatic heterocycles. The molecule has 677 valence electrons. The SMILES string of the molecule is CCC.CCC.CCC.CS(=S)PP.CS(=S)PP.CS(=S)PP.C[B]C.Cc1ccc2c(ccc3cc(PP)ccc32)c1.Cc1ccc2cc3cc(PP)ccc3cc2c1.[CH3-].[CH3-].[CH3-].[CH3-].[CH3-].[CH3-].[CH3-].[CH3-].[CH3-].[CH3-].[CH3-].[CH3-].[Y].[Y].[Y].[Y].[Y].[Y].[Y].[Y].[Y].[Y].[Y].[Y].[Y].[Y].[Y].[Y].[Y].[Y].[Y].[Y].[Y].[Y].[Y].[Y].[Y].[Y].[Y].[Y].[Y].[Y].[Y].[Y].[Y].[Y].c1ccc2ccccc2c1.c1ccccc1.c1ccccc1.c1ccccc1. The van der Waals surface area contributed by atoms with Crippen molar-refractivity contribution in [2.75, 3.05) is 18.8 Å². The van der Waals surface area contributed by atoms with Crippen molar-refractivity contribution >= 4 is 216 Å². The molecule has 0 heterocycles. The van der Waals surface area contributed by atoms with E-state index in [1.807, 2.05) is 130 Å². The van der Waals surface area contributed by atoms with Crippen LogP contribution in [0.3, 0.4) is 0 Å². The van der Waals surface area contributed by atoms with Crippen molar-refractivity contribution in [3.63, 3.8) is 0 Å². The Kier molecular flexibility index (Phi) is 618. The summed E-state index contributed by atoms with van der Waals surface area (Å²) < 4.78 is 0. The Balaban J connectivity index is -0.0000000133. The molecule has 0 aliphatic rings. The van der Waals surface area contributed by atoms with E-state index in [1.165, 1.54) is 94.9 Å². The van der Waals surface area contributed by atoms with Gasteiger partial charge in [0.25, 0.3) is 0 Å². The zero-order valence-corrected chi connectivity index (χ0v) is 199. The van der Waals surface area contributed by atoms with Crippen LogP contribution in [0.1, 0.15) is 71.9 Å². The Hall–Kier alpha value is 36.3. The average Bonchev–Trinajstić information content (AvgIpc) is 0.793. The van der Waals surface area contributed by atoms with Crippen LogP contribution in [-0.2, 0) is 1170 Å². The topological polar surface area (TPSA) is 0 Å². The van der Waals surface area contributed by atoms with Gasteiger partial charge in [-0.05, 0) is 177 Å². The summed E-state index contributed by atoms with van der Waals surface area (Å²) >= 11 is 14.4. The zero-order valence-electron chi connectivity index (χ0n) is 86.4. The van der Waals surface area contributed by atoms with Gasteiger partial charge in [-0.25, -0.2) is 0 Å². The number of hydrogen-bond donors (Lipinski definition) is 0. The van der Waals surface area contributed by atoms with Crippen molar-refractivity contribution in [2.45, 2.75) is 88.3 Å². The summed E-state index contributed by atoms with van der Waals surface area (Å²) in [4.78, 5) is 0. The van der Waals surface area contributed by atoms with E-state index in [9.17, 15) is 0 Å². The molecule has 0 aromatic heterocycles. The molecule has 0 bridgehead atoms. The molecule has 13 atom stereocenters. The smallest absolute Gasteiger partial charge is 0.102 e. The minimum absolute atomic E-state index is 0. The fourth-order valence-corrected chi connectivity index (χ4v) is 8.69. The molecular weight excluding hydrogens is 4540 g/mol. The third-order valence-corrected chi connectivity index (χ3v) is 34.5. The fourth-order valence-electron chi connectivity index (χ4n) is 6.77. The first kappa shape index (κ1) is 327. The normalized spacial score (nSPS) is 7.21. The van der Waals surface area contributed by atoms with E-state index < -0.39 is 0 Å². The summed E-state index contributed by atoms with van der Waals surface area (Å²) in [5, 5.41) is 16.1. The molecule has 0 N–H and O–H groups in total. The van der Waals surface area contributed by atoms with Crippen molar-refractivity contribution in [3.8, 4) is 0 Å². The van der Waals surface area contributed by atoms with Crippen LogP contribution in [0.4, 0.5) is 0 Å². The van der Waals surface area contributed by atoms with Gasteiger partial charge in [0.15, 0.2) is 0 Å². The second-order valence-electron chi connectivity index (χ2n) is 19.0. The summed E-state index contributed by atoms with van der Waals surface area (Å²) in [6.07, 6.45) is 9.92. The molecule has 0 aliphatic carbocycles. The second kappa shape index (κ2) is 255. The van der Waals surface area contributed by atoms with Crippen molar-refractivity contribution in [3.05, 3.63) is 355 Å². The molecule has 11 aromatic rings. The molecule has 11 rings (SSSR count). The molecule has 0 fully saturated rings. The molecule has 35 radical (unpaired) electrons. The fraction of sp³-hybridized carbons (Fsp3) is 0.190. The van der Waals surface area contributed by atoms with E-state index in [1.54, 1.807) is 0 Å². The Labute approximate surface area is 1740 Å². The van der Waals surface area contributed by atoms with Crippen LogP contribution in [0.2, 0.25) is 13.6 Å². The summed E-state index contributed by atoms with van der Waals surface area (Å²) in [5.41, 5.74) is 2.64. The van der Waals surface area contributed by atoms with Gasteiger partial charge in [0.1, 0.15) is 7.28 Å². The Morgan fingerprint density at radius 3 is 0.548 bits per heavy atom. The molecule has 0 nitrogen and oxygen atoms in total. The Morgan fingerprint density at radius 2 is 0.356 bits per heavy atom. The maximum absolute atomic E-state index is 4.80. The van der Waals surface area contributed by atoms with Gasteiger partial charge in [-0.1, -0.05) is 333 Å². The predicted octanol–water partition coefficient (Wildman–Crippen LogP) is 30.3. The van der Waals surface area contributed by atoms with Crippen LogP contribution >= 0.6 is 83.6 Å². The van der Waals surface area contributed by atoms with Crippen LogP contribution < -0.4 is 10.6 Å². The number of benzene rings is 11. The molecule has 0 amide bonds. The number of hydrogen-bond acceptors (Lipinski definition) is 3. The van der Waals surface area contributed by atoms with Crippen LogP contribution in [-0.4, -0.2) is 26.0 Å². The monoisotopic (exact) mass is 4680 g/mol. The minimum atomic E-state index is 0. The standard InChI is InChI=1S/2C15H14P2.C10H8.3C6H6.3C3H8.C2H6B.3CH6P2S2.12CH3.34Y/c1-10-2-6-14-11(8-10)3-4-12-9-13(17-16)5-7-15(12)14;1-10-2-3-11-8-14-9-15(17-16)5-4-12(14)7-13(11)6-10;1-2-6-10-8-4-3-7-9(10)5-1;3*1-2-4-6-5-3-1;4*1-3-2;3*1-5(4)3-2;;;;;;;;;;;;;;;;;;;;;;;;;;;;;;;;;;;;;;;;;;;;;;/h2*2-9,17H,16H2,1H3;1-8H;3*1-6H;3*3H2,1-2H3;1-2H3;3*3H,2H2,1H3;12*1H3;;;;;;;;;;;;;;;;;;;;;;;;;;;;;;;;;;/q;;;;;;;;;;;;;12*-1;;;;;;;;;;;;;;;;;;;;;;;;;;;;;;;;;;. The Bertz CT molecular complexity index is 3350. The zero-order chi connectivity index (χ0) is 66.9. The molecule has 0 saturated carbocycles. The summed E-state index contributed by atoms with van der Waals surface area (Å²) in [6.45, 7) is 21.0. The molecule has 11 aromatic carbocycles. The van der Waals surface area contributed by atoms with Gasteiger partial charge >= 0.3 is 0 Å². The van der Waals surface area contributed by atoms with Crippen LogP contribution in [0.5, 0.6) is 0 Å². The summed E-state index contributed by atoms with van der Waals surface area (Å²) in [6, 6.07) is 88.5. The number of aryl methyl sites for hydroxylation is 2. The van der Waals surface area contributed by atoms with Gasteiger partial charge < -0.3 is 89.1 Å². The van der Waals surface area contributed by atoms with Crippen LogP contribution in [0, 0.1) is 103 Å². The van der Waals surface area contributed by atoms with Crippen molar-refractivity contribution in [1.29, 1.82) is 0 Å². The molecule has 0 spiro atoms. The van der Waals surface area contributed by atoms with Crippen molar-refractivity contribution in [2.24, 2.45) is 0 Å². The van der Waals surface area contributed by atoms with Gasteiger partial charge in [0, 0.05) is 1110 Å². The first-order valence-corrected chi connectivity index (χ1v) is 53.2. The average molecular weight is 4680 g/mol. The van der Waals surface area contributed by atoms with E-state index in [2.05, 4.69) is 264 Å². The molecule has 51 heteroatoms. The first-order valence-electron chi connectivity index (χ1n) is 29.4. The van der Waals surface area contributed by atoms with Crippen LogP contribution in [0.15, 0.2) is 255 Å². The van der Waals surface area contributed by atoms with Gasteiger partial charge in [0.2, 0.25) is 0 Å². The predicted molar refractivity (Wildman–Crippen MR) is 549 cm³/mol. The van der Waals surface area contributed by atoms with Gasteiger partial charge in [-0.15, -0.1) is 71.9 Å². The molecular formula is C84H138BP10S6Y34-12. The van der Waals surface area contributed by atoms with E-state index in [-0.39, 0.29) is 1230 Å². The number of rotatable bonds is 5. The third-order valence-electron chi connectivity index (χ3n) is 10.4. The maximum atomic E-state index is 4.80. The van der Waals surface area contributed by atoms with Gasteiger partial charge in [-0.2, -0.15) is 0 Å². The van der Waals surface area contributed by atoms with E-state index in [4.69, 9.17) is 33.6 Å². The van der Waals surface area contributed by atoms with E-state index in [0.29, 0.717) is 0 Å². The quantitative estimate of drug-likeness (QED) is 0.0554. The van der Waals surface area contributed by atoms with Gasteiger partial charge in [-0.3, -0.25) is 0 Å². The second-order valence-corrected chi connectivity index (χ2v) is 47.1. The first-order chi connectivity index (χ1) is 43.0. The van der Waals surface area contributed by atoms with E-state index in [0.717, 1.165) is 39.0 Å². The molecule has 13 unspecified atom stereocenters. The van der Waals surface area contributed by atoms with Crippen molar-refractivity contribution < 1.29 is 1110 Å². The number of fused-ring (bicyclic) bond motifs is 6. The maximum Gasteiger partial charge on any atom is 0.102 e. The minimum Gasteiger partial charge on any atom is -0.358 e. The Morgan fingerprint density at radius 1 is 0.215 bits per heavy atom. The van der Waals surface area contributed by atoms with E-state index >= 15 is 0 Å². The summed E-state index contributed by atoms with van der Waals surface area (Å²) in [5.74, 6) is 0. The molecule has 135 heavy (non-hydrogen) atoms. The van der Waals surface area contributed by atoms with Crippen molar-refractivity contribution in [1.82, 2.24) is 0 Å².